The lowest BCUT2D eigenvalue weighted by atomic mass is 10.3. The number of nitrogens with one attached hydrogen (secondary N) is 2. The van der Waals surface area contributed by atoms with Crippen LogP contribution in [0.15, 0.2) is 53.9 Å². The summed E-state index contributed by atoms with van der Waals surface area (Å²) in [6.07, 6.45) is 3.00. The maximum Gasteiger partial charge on any atom is 0.237 e. The third kappa shape index (κ3) is 4.15. The summed E-state index contributed by atoms with van der Waals surface area (Å²) in [7, 11) is 0. The molecule has 10 nitrogen and oxygen atoms in total. The molecule has 0 radical (unpaired) electrons. The molecule has 0 fully saturated rings. The number of benzene rings is 1. The third-order valence-electron chi connectivity index (χ3n) is 3.46. The Morgan fingerprint density at radius 3 is 2.86 bits per heavy atom. The first-order valence-corrected chi connectivity index (χ1v) is 9.11. The number of nitrogen functional groups attached to an aromatic ring is 1. The van der Waals surface area contributed by atoms with Gasteiger partial charge < -0.3 is 15.5 Å². The average Bonchev–Trinajstić information content (AvgIpc) is 3.15. The molecule has 0 bridgehead atoms. The highest BCUT2D eigenvalue weighted by Crippen LogP contribution is 2.24. The number of anilines is 2. The molecule has 4 rings (SSSR count). The number of hydrogen-bond acceptors (Lipinski definition) is 9. The Bertz CT molecular complexity index is 1120. The van der Waals surface area contributed by atoms with Crippen molar-refractivity contribution in [2.75, 3.05) is 16.8 Å². The molecule has 4 N–H and O–H groups in total. The van der Waals surface area contributed by atoms with Crippen LogP contribution in [0.4, 0.5) is 11.9 Å². The first-order valence-electron chi connectivity index (χ1n) is 8.12. The summed E-state index contributed by atoms with van der Waals surface area (Å²) in [6, 6.07) is 10.8. The second-order valence-electron chi connectivity index (χ2n) is 5.46. The number of nitrogens with two attached hydrogens (primary N) is 1. The number of carbonyl (C=O) groups excluding carboxylic acids is 1. The Kier molecular flexibility index (Phi) is 4.97. The van der Waals surface area contributed by atoms with Crippen LogP contribution in [0, 0.1) is 0 Å². The van der Waals surface area contributed by atoms with Crippen molar-refractivity contribution in [3.8, 4) is 11.6 Å². The predicted octanol–water partition coefficient (Wildman–Crippen LogP) is 2.25. The van der Waals surface area contributed by atoms with Gasteiger partial charge in [0.2, 0.25) is 23.7 Å². The van der Waals surface area contributed by atoms with Crippen molar-refractivity contribution in [2.45, 2.75) is 5.03 Å². The molecule has 0 spiro atoms. The van der Waals surface area contributed by atoms with Crippen LogP contribution in [0.3, 0.4) is 0 Å². The van der Waals surface area contributed by atoms with Gasteiger partial charge in [-0.1, -0.05) is 30.0 Å². The van der Waals surface area contributed by atoms with E-state index in [0.29, 0.717) is 27.8 Å². The molecule has 140 valence electrons. The van der Waals surface area contributed by atoms with E-state index in [4.69, 9.17) is 10.5 Å². The van der Waals surface area contributed by atoms with Gasteiger partial charge in [0.1, 0.15) is 16.3 Å². The predicted molar refractivity (Wildman–Crippen MR) is 104 cm³/mol. The number of fused-ring (bicyclic) bond motifs is 1. The summed E-state index contributed by atoms with van der Waals surface area (Å²) in [5, 5.41) is 3.17. The molecule has 28 heavy (non-hydrogen) atoms. The number of H-pyrrole nitrogens is 1. The van der Waals surface area contributed by atoms with Gasteiger partial charge in [0, 0.05) is 12.3 Å². The molecule has 0 aliphatic rings. The number of ether oxygens (including phenoxy) is 1. The quantitative estimate of drug-likeness (QED) is 0.331. The molecule has 0 saturated carbocycles. The summed E-state index contributed by atoms with van der Waals surface area (Å²) in [4.78, 5) is 35.6. The van der Waals surface area contributed by atoms with E-state index >= 15 is 0 Å². The van der Waals surface area contributed by atoms with E-state index in [0.717, 1.165) is 0 Å². The Hall–Kier alpha value is -3.73. The zero-order valence-electron chi connectivity index (χ0n) is 14.4. The van der Waals surface area contributed by atoms with Gasteiger partial charge in [0.25, 0.3) is 0 Å². The van der Waals surface area contributed by atoms with E-state index < -0.39 is 0 Å². The molecule has 3 heterocycles. The van der Waals surface area contributed by atoms with E-state index in [2.05, 4.69) is 35.2 Å². The van der Waals surface area contributed by atoms with Crippen LogP contribution in [-0.4, -0.2) is 41.6 Å². The molecule has 0 saturated heterocycles. The standard InChI is InChI=1S/C17H14N8O2S/c18-16-24-14-13(20-9-21-14)15(25-16)28-8-11(26)22-17-19-7-6-12(23-17)27-10-4-2-1-3-5-10/h1-7,9H,8H2,(H,19,22,23,26)(H3,18,20,21,24,25). The summed E-state index contributed by atoms with van der Waals surface area (Å²) < 4.78 is 5.63. The summed E-state index contributed by atoms with van der Waals surface area (Å²) >= 11 is 1.20. The van der Waals surface area contributed by atoms with Crippen LogP contribution in [-0.2, 0) is 4.79 Å². The Balaban J connectivity index is 1.40. The molecule has 3 aromatic heterocycles. The highest BCUT2D eigenvalue weighted by atomic mass is 32.2. The fourth-order valence-electron chi connectivity index (χ4n) is 2.29. The molecular weight excluding hydrogens is 380 g/mol. The van der Waals surface area contributed by atoms with Crippen molar-refractivity contribution >= 4 is 40.7 Å². The first-order chi connectivity index (χ1) is 13.7. The molecular formula is C17H14N8O2S. The molecule has 4 aromatic rings. The van der Waals surface area contributed by atoms with Crippen molar-refractivity contribution in [3.63, 3.8) is 0 Å². The van der Waals surface area contributed by atoms with Crippen molar-refractivity contribution in [1.29, 1.82) is 0 Å². The largest absolute Gasteiger partial charge is 0.439 e. The van der Waals surface area contributed by atoms with Gasteiger partial charge in [-0.05, 0) is 12.1 Å². The topological polar surface area (TPSA) is 145 Å². The summed E-state index contributed by atoms with van der Waals surface area (Å²) in [5.41, 5.74) is 6.74. The van der Waals surface area contributed by atoms with Crippen LogP contribution in [0.1, 0.15) is 0 Å². The molecule has 11 heteroatoms. The number of aromatic nitrogens is 6. The lowest BCUT2D eigenvalue weighted by Gasteiger charge is -2.07. The SMILES string of the molecule is Nc1nc(SCC(=O)Nc2nccc(Oc3ccccc3)n2)c2[nH]cnc2n1. The molecule has 1 aromatic carbocycles. The smallest absolute Gasteiger partial charge is 0.237 e. The van der Waals surface area contributed by atoms with Crippen molar-refractivity contribution < 1.29 is 9.53 Å². The molecule has 0 atom stereocenters. The van der Waals surface area contributed by atoms with Gasteiger partial charge in [-0.25, -0.2) is 15.0 Å². The van der Waals surface area contributed by atoms with Crippen molar-refractivity contribution in [1.82, 2.24) is 29.9 Å². The highest BCUT2D eigenvalue weighted by Gasteiger charge is 2.12. The van der Waals surface area contributed by atoms with Crippen molar-refractivity contribution in [3.05, 3.63) is 48.9 Å². The number of aromatic amines is 1. The third-order valence-corrected chi connectivity index (χ3v) is 4.43. The minimum atomic E-state index is -0.299. The molecule has 0 unspecified atom stereocenters. The molecule has 1 amide bonds. The molecule has 0 aliphatic carbocycles. The minimum Gasteiger partial charge on any atom is -0.439 e. The highest BCUT2D eigenvalue weighted by molar-refractivity contribution is 8.00. The number of para-hydroxylation sites is 1. The first kappa shape index (κ1) is 17.7. The van der Waals surface area contributed by atoms with E-state index in [1.807, 2.05) is 18.2 Å². The lowest BCUT2D eigenvalue weighted by Crippen LogP contribution is -2.16. The number of carbonyl (C=O) groups is 1. The van der Waals surface area contributed by atoms with Crippen LogP contribution in [0.2, 0.25) is 0 Å². The normalized spacial score (nSPS) is 10.7. The fourth-order valence-corrected chi connectivity index (χ4v) is 3.08. The monoisotopic (exact) mass is 394 g/mol. The van der Waals surface area contributed by atoms with Gasteiger partial charge in [0.15, 0.2) is 5.65 Å². The Labute approximate surface area is 163 Å². The van der Waals surface area contributed by atoms with Gasteiger partial charge in [0.05, 0.1) is 12.1 Å². The number of nitrogens with zero attached hydrogens (tertiary/aromatic N) is 5. The van der Waals surface area contributed by atoms with E-state index in [1.54, 1.807) is 18.2 Å². The Morgan fingerprint density at radius 2 is 2.00 bits per heavy atom. The maximum atomic E-state index is 12.3. The van der Waals surface area contributed by atoms with Gasteiger partial charge in [-0.3, -0.25) is 10.1 Å². The van der Waals surface area contributed by atoms with Gasteiger partial charge in [-0.2, -0.15) is 9.97 Å². The van der Waals surface area contributed by atoms with Gasteiger partial charge in [-0.15, -0.1) is 0 Å². The number of amides is 1. The van der Waals surface area contributed by atoms with Crippen molar-refractivity contribution in [2.24, 2.45) is 0 Å². The van der Waals surface area contributed by atoms with E-state index in [9.17, 15) is 4.79 Å². The zero-order chi connectivity index (χ0) is 19.3. The summed E-state index contributed by atoms with van der Waals surface area (Å²) in [6.45, 7) is 0. The fraction of sp³-hybridized carbons (Fsp3) is 0.0588. The Morgan fingerprint density at radius 1 is 1.14 bits per heavy atom. The van der Waals surface area contributed by atoms with Crippen LogP contribution >= 0.6 is 11.8 Å². The number of imidazole rings is 1. The van der Waals surface area contributed by atoms with E-state index in [-0.39, 0.29) is 23.6 Å². The number of rotatable bonds is 6. The van der Waals surface area contributed by atoms with Crippen LogP contribution in [0.5, 0.6) is 11.6 Å². The number of thioether (sulfide) groups is 1. The second kappa shape index (κ2) is 7.88. The summed E-state index contributed by atoms with van der Waals surface area (Å²) in [5.74, 6) is 0.986. The van der Waals surface area contributed by atoms with Crippen LogP contribution < -0.4 is 15.8 Å². The zero-order valence-corrected chi connectivity index (χ0v) is 15.2. The maximum absolute atomic E-state index is 12.3. The van der Waals surface area contributed by atoms with Crippen LogP contribution in [0.25, 0.3) is 11.2 Å². The minimum absolute atomic E-state index is 0.0811. The van der Waals surface area contributed by atoms with Gasteiger partial charge >= 0.3 is 0 Å². The number of hydrogen-bond donors (Lipinski definition) is 3. The molecule has 0 aliphatic heterocycles. The average molecular weight is 394 g/mol. The van der Waals surface area contributed by atoms with E-state index in [1.165, 1.54) is 24.3 Å². The lowest BCUT2D eigenvalue weighted by molar-refractivity contribution is -0.113. The second-order valence-corrected chi connectivity index (χ2v) is 6.42.